The highest BCUT2D eigenvalue weighted by Gasteiger charge is 2.19. The second-order valence-corrected chi connectivity index (χ2v) is 7.85. The second-order valence-electron chi connectivity index (χ2n) is 7.85. The lowest BCUT2D eigenvalue weighted by molar-refractivity contribution is 0.476. The Labute approximate surface area is 175 Å². The predicted octanol–water partition coefficient (Wildman–Crippen LogP) is 3.50. The molecule has 0 aliphatic carbocycles. The summed E-state index contributed by atoms with van der Waals surface area (Å²) in [6.45, 7) is 2.17. The summed E-state index contributed by atoms with van der Waals surface area (Å²) in [4.78, 5) is 4.87. The molecule has 3 aromatic carbocycles. The quantitative estimate of drug-likeness (QED) is 0.463. The van der Waals surface area contributed by atoms with E-state index in [-0.39, 0.29) is 5.75 Å². The van der Waals surface area contributed by atoms with Crippen LogP contribution in [0.15, 0.2) is 72.9 Å². The van der Waals surface area contributed by atoms with Crippen molar-refractivity contribution in [3.8, 4) is 11.6 Å². The maximum absolute atomic E-state index is 10.3. The van der Waals surface area contributed by atoms with E-state index < -0.39 is 0 Å². The number of aromatic nitrogens is 3. The van der Waals surface area contributed by atoms with Crippen molar-refractivity contribution >= 4 is 64.3 Å². The van der Waals surface area contributed by atoms with Crippen molar-refractivity contribution in [3.63, 3.8) is 0 Å². The van der Waals surface area contributed by atoms with Gasteiger partial charge in [-0.15, -0.1) is 0 Å². The molecular formula is C24H19B2N3O. The van der Waals surface area contributed by atoms with Gasteiger partial charge in [-0.3, -0.25) is 4.57 Å². The Morgan fingerprint density at radius 3 is 2.57 bits per heavy atom. The van der Waals surface area contributed by atoms with Crippen LogP contribution in [0.5, 0.6) is 5.75 Å². The van der Waals surface area contributed by atoms with Crippen molar-refractivity contribution in [3.05, 3.63) is 72.9 Å². The molecule has 0 atom stereocenters. The zero-order valence-electron chi connectivity index (χ0n) is 16.9. The van der Waals surface area contributed by atoms with E-state index in [2.05, 4.69) is 72.2 Å². The molecule has 6 heteroatoms. The minimum atomic E-state index is 0.256. The van der Waals surface area contributed by atoms with Crippen LogP contribution in [0.25, 0.3) is 49.4 Å². The van der Waals surface area contributed by atoms with Crippen LogP contribution in [-0.4, -0.2) is 34.4 Å². The molecule has 0 radical (unpaired) electrons. The third kappa shape index (κ3) is 2.22. The second kappa shape index (κ2) is 6.17. The highest BCUT2D eigenvalue weighted by molar-refractivity contribution is 6.38. The fourth-order valence-electron chi connectivity index (χ4n) is 4.84. The summed E-state index contributed by atoms with van der Waals surface area (Å²) in [6.07, 6.45) is 1.89. The molecule has 3 aromatic heterocycles. The number of pyridine rings is 1. The summed E-state index contributed by atoms with van der Waals surface area (Å²) >= 11 is 0. The zero-order valence-corrected chi connectivity index (χ0v) is 16.9. The minimum absolute atomic E-state index is 0.256. The molecule has 6 rings (SSSR count). The average molecular weight is 387 g/mol. The van der Waals surface area contributed by atoms with Crippen molar-refractivity contribution in [2.24, 2.45) is 0 Å². The van der Waals surface area contributed by atoms with Crippen LogP contribution in [0, 0.1) is 0 Å². The van der Waals surface area contributed by atoms with Crippen molar-refractivity contribution in [1.82, 2.24) is 14.0 Å². The molecule has 30 heavy (non-hydrogen) atoms. The number of hydrogen-bond acceptors (Lipinski definition) is 2. The Balaban J connectivity index is 1.86. The Kier molecular flexibility index (Phi) is 3.54. The molecule has 0 unspecified atom stereocenters. The minimum Gasteiger partial charge on any atom is -0.508 e. The molecule has 0 spiro atoms. The Morgan fingerprint density at radius 2 is 1.70 bits per heavy atom. The van der Waals surface area contributed by atoms with Crippen LogP contribution in [0.2, 0.25) is 6.82 Å². The molecule has 0 fully saturated rings. The molecular weight excluding hydrogens is 368 g/mol. The zero-order chi connectivity index (χ0) is 20.4. The van der Waals surface area contributed by atoms with Crippen LogP contribution in [-0.2, 0) is 0 Å². The molecule has 0 aliphatic heterocycles. The number of nitrogens with zero attached hydrogens (tertiary/aromatic N) is 3. The standard InChI is InChI=1S/C24H19B2N3O/c1-26-29-20-5-3-2-4-17(20)23-21(29)10-11-27-24(23)28-19-9-6-14(25)12-18(19)16-8-7-15(30)13-22(16)28/h2-13,26,30H,25H2,1H3. The van der Waals surface area contributed by atoms with Gasteiger partial charge in [0.25, 0.3) is 0 Å². The number of benzene rings is 3. The van der Waals surface area contributed by atoms with Gasteiger partial charge < -0.3 is 9.58 Å². The molecule has 0 amide bonds. The summed E-state index contributed by atoms with van der Waals surface area (Å²) in [5.74, 6) is 1.15. The molecule has 6 aromatic rings. The summed E-state index contributed by atoms with van der Waals surface area (Å²) < 4.78 is 4.53. The SMILES string of the molecule is Bc1ccc2c(c1)c1ccc(O)cc1n2-c1nccc2c1c1ccccc1n2BC. The van der Waals surface area contributed by atoms with Gasteiger partial charge >= 0.3 is 0 Å². The van der Waals surface area contributed by atoms with Crippen LogP contribution in [0.1, 0.15) is 0 Å². The smallest absolute Gasteiger partial charge is 0.239 e. The first-order chi connectivity index (χ1) is 14.7. The number of para-hydroxylation sites is 1. The van der Waals surface area contributed by atoms with Crippen molar-refractivity contribution in [2.75, 3.05) is 0 Å². The van der Waals surface area contributed by atoms with E-state index in [0.29, 0.717) is 0 Å². The van der Waals surface area contributed by atoms with Gasteiger partial charge in [-0.2, -0.15) is 0 Å². The number of aromatic hydroxyl groups is 1. The molecule has 3 heterocycles. The summed E-state index contributed by atoms with van der Waals surface area (Å²) in [5, 5.41) is 14.9. The molecule has 0 saturated carbocycles. The Hall–Kier alpha value is -3.66. The molecule has 142 valence electrons. The van der Waals surface area contributed by atoms with Gasteiger partial charge in [0, 0.05) is 44.8 Å². The molecule has 1 N–H and O–H groups in total. The Bertz CT molecular complexity index is 1610. The van der Waals surface area contributed by atoms with Crippen LogP contribution in [0.3, 0.4) is 0 Å². The van der Waals surface area contributed by atoms with Gasteiger partial charge in [0.15, 0.2) is 0 Å². The van der Waals surface area contributed by atoms with E-state index in [9.17, 15) is 5.11 Å². The number of phenolic OH excluding ortho intramolecular Hbond substituents is 1. The summed E-state index contributed by atoms with van der Waals surface area (Å²) in [7, 11) is 3.00. The van der Waals surface area contributed by atoms with E-state index in [1.54, 1.807) is 6.07 Å². The Morgan fingerprint density at radius 1 is 0.833 bits per heavy atom. The van der Waals surface area contributed by atoms with Gasteiger partial charge in [0.05, 0.1) is 11.0 Å². The fourth-order valence-corrected chi connectivity index (χ4v) is 4.84. The van der Waals surface area contributed by atoms with Gasteiger partial charge in [-0.1, -0.05) is 42.6 Å². The number of hydrogen-bond donors (Lipinski definition) is 1. The first kappa shape index (κ1) is 17.2. The number of rotatable bonds is 2. The molecule has 0 saturated heterocycles. The predicted molar refractivity (Wildman–Crippen MR) is 130 cm³/mol. The first-order valence-corrected chi connectivity index (χ1v) is 10.3. The lowest BCUT2D eigenvalue weighted by atomic mass is 9.94. The monoisotopic (exact) mass is 387 g/mol. The lowest BCUT2D eigenvalue weighted by Crippen LogP contribution is -2.03. The van der Waals surface area contributed by atoms with Gasteiger partial charge in [0.2, 0.25) is 7.41 Å². The summed E-state index contributed by atoms with van der Waals surface area (Å²) in [6, 6.07) is 22.7. The number of fused-ring (bicyclic) bond motifs is 6. The van der Waals surface area contributed by atoms with E-state index in [0.717, 1.165) is 35.0 Å². The van der Waals surface area contributed by atoms with E-state index in [1.807, 2.05) is 18.3 Å². The van der Waals surface area contributed by atoms with Gasteiger partial charge in [-0.05, 0) is 30.3 Å². The van der Waals surface area contributed by atoms with Gasteiger partial charge in [0.1, 0.15) is 19.4 Å². The maximum atomic E-state index is 10.3. The van der Waals surface area contributed by atoms with Crippen molar-refractivity contribution in [1.29, 1.82) is 0 Å². The first-order valence-electron chi connectivity index (χ1n) is 10.3. The van der Waals surface area contributed by atoms with E-state index >= 15 is 0 Å². The largest absolute Gasteiger partial charge is 0.508 e. The normalized spacial score (nSPS) is 11.8. The lowest BCUT2D eigenvalue weighted by Gasteiger charge is -2.10. The summed E-state index contributed by atoms with van der Waals surface area (Å²) in [5.41, 5.74) is 5.65. The van der Waals surface area contributed by atoms with Crippen LogP contribution >= 0.6 is 0 Å². The van der Waals surface area contributed by atoms with Crippen molar-refractivity contribution in [2.45, 2.75) is 6.82 Å². The van der Waals surface area contributed by atoms with Gasteiger partial charge in [-0.25, -0.2) is 4.98 Å². The van der Waals surface area contributed by atoms with Crippen LogP contribution < -0.4 is 5.46 Å². The maximum Gasteiger partial charge on any atom is 0.239 e. The van der Waals surface area contributed by atoms with E-state index in [4.69, 9.17) is 4.98 Å². The highest BCUT2D eigenvalue weighted by Crippen LogP contribution is 2.37. The van der Waals surface area contributed by atoms with Crippen molar-refractivity contribution < 1.29 is 5.11 Å². The average Bonchev–Trinajstić information content (AvgIpc) is 3.25. The van der Waals surface area contributed by atoms with Crippen LogP contribution in [0.4, 0.5) is 0 Å². The number of phenols is 1. The third-order valence-corrected chi connectivity index (χ3v) is 6.10. The molecule has 0 bridgehead atoms. The topological polar surface area (TPSA) is 43.0 Å². The third-order valence-electron chi connectivity index (χ3n) is 6.10. The molecule has 4 nitrogen and oxygen atoms in total. The highest BCUT2D eigenvalue weighted by atomic mass is 16.3. The molecule has 0 aliphatic rings. The van der Waals surface area contributed by atoms with E-state index in [1.165, 1.54) is 27.3 Å². The fraction of sp³-hybridized carbons (Fsp3) is 0.0417.